The molecule has 1 saturated heterocycles. The van der Waals surface area contributed by atoms with Crippen molar-refractivity contribution in [2.45, 2.75) is 20.8 Å². The molecule has 0 radical (unpaired) electrons. The molecule has 1 aliphatic heterocycles. The van der Waals surface area contributed by atoms with Crippen molar-refractivity contribution in [2.24, 2.45) is 16.1 Å². The van der Waals surface area contributed by atoms with Crippen molar-refractivity contribution in [3.05, 3.63) is 41.9 Å². The minimum Gasteiger partial charge on any atom is -0.400 e. The molecule has 2 rings (SSSR count). The zero-order valence-electron chi connectivity index (χ0n) is 17.2. The number of nitrogens with zero attached hydrogens (tertiary/aromatic N) is 4. The maximum absolute atomic E-state index is 13.0. The second-order valence-electron chi connectivity index (χ2n) is 8.00. The number of hydrogen-bond donors (Lipinski definition) is 4. The highest BCUT2D eigenvalue weighted by molar-refractivity contribution is 5.96. The highest BCUT2D eigenvalue weighted by Gasteiger charge is 2.19. The number of hydrogen-bond acceptors (Lipinski definition) is 5. The fourth-order valence-corrected chi connectivity index (χ4v) is 2.71. The van der Waals surface area contributed by atoms with Crippen molar-refractivity contribution in [3.63, 3.8) is 0 Å². The minimum atomic E-state index is -0.322. The summed E-state index contributed by atoms with van der Waals surface area (Å²) in [4.78, 5) is 7.92. The Morgan fingerprint density at radius 3 is 2.34 bits per heavy atom. The molecule has 1 fully saturated rings. The topological polar surface area (TPSA) is 116 Å². The third-order valence-corrected chi connectivity index (χ3v) is 4.57. The number of piperazine rings is 1. The predicted molar refractivity (Wildman–Crippen MR) is 114 cm³/mol. The fraction of sp³-hybridized carbons (Fsp3) is 0.450. The van der Waals surface area contributed by atoms with Crippen LogP contribution in [0.2, 0.25) is 0 Å². The highest BCUT2D eigenvalue weighted by Crippen LogP contribution is 2.17. The van der Waals surface area contributed by atoms with E-state index in [2.05, 4.69) is 9.89 Å². The monoisotopic (exact) mass is 403 g/mol. The van der Waals surface area contributed by atoms with Crippen LogP contribution in [0.15, 0.2) is 41.0 Å². The summed E-state index contributed by atoms with van der Waals surface area (Å²) in [5, 5.41) is 26.8. The predicted octanol–water partition coefficient (Wildman–Crippen LogP) is 2.51. The van der Waals surface area contributed by atoms with Gasteiger partial charge in [-0.3, -0.25) is 10.6 Å². The van der Waals surface area contributed by atoms with E-state index in [1.165, 1.54) is 18.2 Å². The lowest BCUT2D eigenvalue weighted by Gasteiger charge is -2.36. The molecule has 158 valence electrons. The van der Waals surface area contributed by atoms with Gasteiger partial charge in [0.25, 0.3) is 0 Å². The summed E-state index contributed by atoms with van der Waals surface area (Å²) in [5.74, 6) is -0.212. The summed E-state index contributed by atoms with van der Waals surface area (Å²) in [5.41, 5.74) is 7.19. The van der Waals surface area contributed by atoms with Gasteiger partial charge in [-0.15, -0.1) is 0 Å². The van der Waals surface area contributed by atoms with Crippen LogP contribution in [-0.4, -0.2) is 65.9 Å². The number of nitrogens with two attached hydrogens (primary N) is 1. The van der Waals surface area contributed by atoms with Crippen LogP contribution < -0.4 is 10.6 Å². The lowest BCUT2D eigenvalue weighted by molar-refractivity contribution is 0.000896. The summed E-state index contributed by atoms with van der Waals surface area (Å²) in [6.07, 6.45) is 2.67. The quantitative estimate of drug-likeness (QED) is 0.342. The van der Waals surface area contributed by atoms with E-state index in [1.807, 2.05) is 20.8 Å². The number of halogens is 1. The van der Waals surface area contributed by atoms with Crippen molar-refractivity contribution in [2.75, 3.05) is 37.6 Å². The Balaban J connectivity index is 1.82. The van der Waals surface area contributed by atoms with E-state index in [1.54, 1.807) is 17.0 Å². The van der Waals surface area contributed by atoms with E-state index in [4.69, 9.17) is 16.6 Å². The average Bonchev–Trinajstić information content (AvgIpc) is 2.66. The van der Waals surface area contributed by atoms with Gasteiger partial charge in [0.1, 0.15) is 12.2 Å². The van der Waals surface area contributed by atoms with Crippen LogP contribution in [-0.2, 0) is 0 Å². The molecule has 0 aromatic heterocycles. The summed E-state index contributed by atoms with van der Waals surface area (Å²) in [6, 6.07) is 6.37. The molecular weight excluding hydrogens is 373 g/mol. The van der Waals surface area contributed by atoms with Gasteiger partial charge < -0.3 is 20.9 Å². The van der Waals surface area contributed by atoms with E-state index < -0.39 is 0 Å². The molecule has 1 aromatic carbocycles. The number of aliphatic imine (C=N–C) groups is 1. The maximum Gasteiger partial charge on any atom is 0.219 e. The van der Waals surface area contributed by atoms with Crippen molar-refractivity contribution >= 4 is 23.7 Å². The lowest BCUT2D eigenvalue weighted by atomic mass is 9.89. The van der Waals surface area contributed by atoms with E-state index >= 15 is 0 Å². The van der Waals surface area contributed by atoms with Crippen LogP contribution in [0.1, 0.15) is 20.8 Å². The molecule has 0 amide bonds. The second-order valence-corrected chi connectivity index (χ2v) is 8.00. The van der Waals surface area contributed by atoms with Gasteiger partial charge in [-0.2, -0.15) is 0 Å². The Hall–Kier alpha value is -2.94. The molecular formula is C20H30FN7O. The molecule has 5 N–H and O–H groups in total. The first kappa shape index (κ1) is 22.4. The van der Waals surface area contributed by atoms with Gasteiger partial charge >= 0.3 is 0 Å². The first-order valence-corrected chi connectivity index (χ1v) is 9.45. The first-order chi connectivity index (χ1) is 13.6. The Morgan fingerprint density at radius 1 is 1.21 bits per heavy atom. The molecule has 1 heterocycles. The summed E-state index contributed by atoms with van der Waals surface area (Å²) < 4.78 is 13.0. The number of hydroxylamine groups is 2. The normalized spacial score (nSPS) is 15.7. The van der Waals surface area contributed by atoms with Crippen molar-refractivity contribution in [1.82, 2.24) is 9.96 Å². The molecule has 8 nitrogen and oxygen atoms in total. The third-order valence-electron chi connectivity index (χ3n) is 4.57. The molecule has 9 heteroatoms. The van der Waals surface area contributed by atoms with E-state index in [-0.39, 0.29) is 23.7 Å². The van der Waals surface area contributed by atoms with Gasteiger partial charge in [-0.05, 0) is 30.3 Å². The molecule has 0 unspecified atom stereocenters. The number of rotatable bonds is 5. The number of nitrogens with one attached hydrogen (secondary N) is 2. The van der Waals surface area contributed by atoms with Crippen LogP contribution in [0.25, 0.3) is 0 Å². The van der Waals surface area contributed by atoms with Crippen LogP contribution in [0.3, 0.4) is 0 Å². The summed E-state index contributed by atoms with van der Waals surface area (Å²) >= 11 is 0. The fourth-order valence-electron chi connectivity index (χ4n) is 2.71. The smallest absolute Gasteiger partial charge is 0.219 e. The van der Waals surface area contributed by atoms with Gasteiger partial charge in [-0.1, -0.05) is 20.8 Å². The Bertz CT molecular complexity index is 775. The van der Waals surface area contributed by atoms with E-state index in [0.717, 1.165) is 17.1 Å². The van der Waals surface area contributed by atoms with Crippen LogP contribution >= 0.6 is 0 Å². The van der Waals surface area contributed by atoms with Crippen molar-refractivity contribution in [3.8, 4) is 0 Å². The van der Waals surface area contributed by atoms with Gasteiger partial charge in [0, 0.05) is 48.7 Å². The summed E-state index contributed by atoms with van der Waals surface area (Å²) in [6.45, 7) is 8.31. The van der Waals surface area contributed by atoms with Gasteiger partial charge in [-0.25, -0.2) is 14.4 Å². The van der Waals surface area contributed by atoms with Gasteiger partial charge in [0.15, 0.2) is 0 Å². The Labute approximate surface area is 171 Å². The number of allylic oxidation sites excluding steroid dienone is 1. The van der Waals surface area contributed by atoms with Crippen LogP contribution in [0, 0.1) is 22.1 Å². The Morgan fingerprint density at radius 2 is 1.79 bits per heavy atom. The second kappa shape index (κ2) is 9.51. The molecule has 0 aliphatic carbocycles. The van der Waals surface area contributed by atoms with Crippen molar-refractivity contribution in [1.29, 1.82) is 10.8 Å². The van der Waals surface area contributed by atoms with E-state index in [0.29, 0.717) is 37.6 Å². The largest absolute Gasteiger partial charge is 0.400 e. The molecule has 1 aromatic rings. The SMILES string of the molecule is CC(C)(C)C(=N)/C=C(\N)CN(O)/C=N\C(=N)N1CCN(c2ccc(F)cc2)CC1. The minimum absolute atomic E-state index is 0.00636. The third kappa shape index (κ3) is 6.86. The van der Waals surface area contributed by atoms with Crippen molar-refractivity contribution < 1.29 is 9.60 Å². The van der Waals surface area contributed by atoms with Crippen LogP contribution in [0.4, 0.5) is 10.1 Å². The first-order valence-electron chi connectivity index (χ1n) is 9.45. The molecule has 29 heavy (non-hydrogen) atoms. The van der Waals surface area contributed by atoms with Gasteiger partial charge in [0.2, 0.25) is 5.96 Å². The number of anilines is 1. The molecule has 1 aliphatic rings. The van der Waals surface area contributed by atoms with Gasteiger partial charge in [0.05, 0.1) is 6.54 Å². The average molecular weight is 404 g/mol. The van der Waals surface area contributed by atoms with Crippen LogP contribution in [0.5, 0.6) is 0 Å². The maximum atomic E-state index is 13.0. The Kier molecular flexibility index (Phi) is 7.33. The zero-order chi connectivity index (χ0) is 21.6. The number of benzene rings is 1. The molecule has 0 atom stereocenters. The zero-order valence-corrected chi connectivity index (χ0v) is 17.2. The standard InChI is InChI=1S/C20H30FN7O/c1-20(2,3)18(23)12-16(22)13-28(29)14-25-19(24)27-10-8-26(9-11-27)17-6-4-15(21)5-7-17/h4-7,12,14,23-24,29H,8-11,13,22H2,1-3H3/b16-12-,23-18?,24-19?,25-14-. The molecule has 0 bridgehead atoms. The highest BCUT2D eigenvalue weighted by atomic mass is 19.1. The summed E-state index contributed by atoms with van der Waals surface area (Å²) in [7, 11) is 0. The number of guanidine groups is 1. The molecule has 0 saturated carbocycles. The molecule has 0 spiro atoms. The lowest BCUT2D eigenvalue weighted by Crippen LogP contribution is -2.48. The van der Waals surface area contributed by atoms with E-state index in [9.17, 15) is 9.60 Å².